The van der Waals surface area contributed by atoms with Gasteiger partial charge >= 0.3 is 12.1 Å². The molecule has 1 aliphatic rings. The summed E-state index contributed by atoms with van der Waals surface area (Å²) < 4.78 is 48.5. The van der Waals surface area contributed by atoms with Crippen molar-refractivity contribution in [3.05, 3.63) is 77.1 Å². The van der Waals surface area contributed by atoms with Gasteiger partial charge in [-0.3, -0.25) is 4.68 Å². The molecule has 0 saturated heterocycles. The summed E-state index contributed by atoms with van der Waals surface area (Å²) >= 11 is 0. The van der Waals surface area contributed by atoms with Gasteiger partial charge in [-0.1, -0.05) is 54.8 Å². The van der Waals surface area contributed by atoms with E-state index in [2.05, 4.69) is 15.2 Å². The fourth-order valence-corrected chi connectivity index (χ4v) is 4.67. The Hall–Kier alpha value is -3.95. The number of halogens is 3. The van der Waals surface area contributed by atoms with Crippen molar-refractivity contribution in [2.45, 2.75) is 50.7 Å². The molecule has 2 heterocycles. The van der Waals surface area contributed by atoms with Gasteiger partial charge in [0.05, 0.1) is 12.1 Å². The van der Waals surface area contributed by atoms with Gasteiger partial charge < -0.3 is 9.63 Å². The number of rotatable bonds is 6. The van der Waals surface area contributed by atoms with Crippen molar-refractivity contribution in [1.82, 2.24) is 19.9 Å². The minimum atomic E-state index is -4.47. The van der Waals surface area contributed by atoms with Gasteiger partial charge in [-0.15, -0.1) is 0 Å². The molecular weight excluding hydrogens is 473 g/mol. The van der Waals surface area contributed by atoms with E-state index in [0.29, 0.717) is 17.7 Å². The van der Waals surface area contributed by atoms with Crippen LogP contribution in [0.5, 0.6) is 0 Å². The Morgan fingerprint density at radius 1 is 1.03 bits per heavy atom. The minimum absolute atomic E-state index is 0.0208. The molecule has 1 N–H and O–H groups in total. The average Bonchev–Trinajstić information content (AvgIpc) is 3.55. The lowest BCUT2D eigenvalue weighted by atomic mass is 9.81. The molecule has 2 aromatic carbocycles. The second-order valence-corrected chi connectivity index (χ2v) is 8.96. The fraction of sp³-hybridized carbons (Fsp3) is 0.308. The molecule has 2 aromatic heterocycles. The molecule has 5 rings (SSSR count). The quantitative estimate of drug-likeness (QED) is 0.331. The molecule has 0 aliphatic heterocycles. The van der Waals surface area contributed by atoms with Gasteiger partial charge in [0.1, 0.15) is 0 Å². The number of carboxylic acid groups (broad SMARTS) is 1. The largest absolute Gasteiger partial charge is 0.476 e. The van der Waals surface area contributed by atoms with Crippen LogP contribution in [0.25, 0.3) is 22.8 Å². The third kappa shape index (κ3) is 5.02. The number of aromatic nitrogens is 4. The Bertz CT molecular complexity index is 1370. The molecular formula is C26H23F3N4O3. The van der Waals surface area contributed by atoms with Crippen molar-refractivity contribution in [2.75, 3.05) is 0 Å². The Morgan fingerprint density at radius 2 is 1.75 bits per heavy atom. The van der Waals surface area contributed by atoms with E-state index in [1.54, 1.807) is 30.5 Å². The molecule has 1 aliphatic carbocycles. The van der Waals surface area contributed by atoms with Crippen LogP contribution in [-0.2, 0) is 12.7 Å². The smallest absolute Gasteiger partial charge is 0.416 e. The average molecular weight is 496 g/mol. The van der Waals surface area contributed by atoms with E-state index in [-0.39, 0.29) is 28.9 Å². The van der Waals surface area contributed by atoms with Crippen molar-refractivity contribution in [3.63, 3.8) is 0 Å². The molecule has 0 bridgehead atoms. The number of nitrogens with zero attached hydrogens (tertiary/aromatic N) is 4. The highest BCUT2D eigenvalue weighted by atomic mass is 19.4. The second-order valence-electron chi connectivity index (χ2n) is 8.96. The summed E-state index contributed by atoms with van der Waals surface area (Å²) in [6.07, 6.45) is 1.60. The zero-order chi connectivity index (χ0) is 25.3. The lowest BCUT2D eigenvalue weighted by molar-refractivity contribution is -0.138. The molecule has 0 amide bonds. The van der Waals surface area contributed by atoms with Crippen LogP contribution >= 0.6 is 0 Å². The van der Waals surface area contributed by atoms with E-state index in [4.69, 9.17) is 9.63 Å². The molecule has 186 valence electrons. The molecule has 36 heavy (non-hydrogen) atoms. The third-order valence-electron chi connectivity index (χ3n) is 6.49. The monoisotopic (exact) mass is 496 g/mol. The van der Waals surface area contributed by atoms with E-state index in [1.807, 2.05) is 12.1 Å². The van der Waals surface area contributed by atoms with E-state index < -0.39 is 17.7 Å². The number of benzene rings is 2. The van der Waals surface area contributed by atoms with Gasteiger partial charge in [0.25, 0.3) is 5.89 Å². The van der Waals surface area contributed by atoms with Gasteiger partial charge in [0.2, 0.25) is 5.82 Å². The number of carbonyl (C=O) groups is 1. The fourth-order valence-electron chi connectivity index (χ4n) is 4.67. The minimum Gasteiger partial charge on any atom is -0.476 e. The Kier molecular flexibility index (Phi) is 6.34. The van der Waals surface area contributed by atoms with Crippen LogP contribution in [0, 0.1) is 0 Å². The van der Waals surface area contributed by atoms with Crippen LogP contribution < -0.4 is 0 Å². The van der Waals surface area contributed by atoms with E-state index >= 15 is 0 Å². The van der Waals surface area contributed by atoms with Crippen LogP contribution in [-0.4, -0.2) is 31.0 Å². The number of alkyl halides is 3. The second kappa shape index (κ2) is 9.60. The van der Waals surface area contributed by atoms with Crippen molar-refractivity contribution < 1.29 is 27.6 Å². The summed E-state index contributed by atoms with van der Waals surface area (Å²) in [4.78, 5) is 15.3. The number of hydrogen-bond donors (Lipinski definition) is 1. The molecule has 0 unspecified atom stereocenters. The molecule has 10 heteroatoms. The molecule has 7 nitrogen and oxygen atoms in total. The Morgan fingerprint density at radius 3 is 2.42 bits per heavy atom. The summed E-state index contributed by atoms with van der Waals surface area (Å²) in [5.41, 5.74) is 1.40. The summed E-state index contributed by atoms with van der Waals surface area (Å²) in [6.45, 7) is 0.374. The standard InChI is InChI=1S/C26H23F3N4O3/c27-26(28,29)21-14-19(10-11-20(21)17-4-2-1-3-5-17)24-30-23(32-36-24)18-8-6-16(7-9-18)15-33-13-12-22(31-33)25(34)35/h6-14,17H,1-5,15H2,(H,34,35). The summed E-state index contributed by atoms with van der Waals surface area (Å²) in [5, 5.41) is 16.9. The van der Waals surface area contributed by atoms with Crippen LogP contribution in [0.15, 0.2) is 59.3 Å². The Labute approximate surface area is 204 Å². The maximum atomic E-state index is 13.9. The molecule has 1 fully saturated rings. The first-order chi connectivity index (χ1) is 17.3. The maximum Gasteiger partial charge on any atom is 0.416 e. The first-order valence-corrected chi connectivity index (χ1v) is 11.7. The molecule has 0 spiro atoms. The van der Waals surface area contributed by atoms with Crippen LogP contribution in [0.1, 0.15) is 65.2 Å². The van der Waals surface area contributed by atoms with Crippen molar-refractivity contribution in [1.29, 1.82) is 0 Å². The maximum absolute atomic E-state index is 13.9. The van der Waals surface area contributed by atoms with Crippen LogP contribution in [0.2, 0.25) is 0 Å². The summed E-state index contributed by atoms with van der Waals surface area (Å²) in [6, 6.07) is 12.9. The van der Waals surface area contributed by atoms with Crippen molar-refractivity contribution >= 4 is 5.97 Å². The lowest BCUT2D eigenvalue weighted by Crippen LogP contribution is -2.14. The molecule has 0 atom stereocenters. The summed E-state index contributed by atoms with van der Waals surface area (Å²) in [7, 11) is 0. The summed E-state index contributed by atoms with van der Waals surface area (Å²) in [5.74, 6) is -0.900. The molecule has 0 radical (unpaired) electrons. The van der Waals surface area contributed by atoms with Crippen LogP contribution in [0.3, 0.4) is 0 Å². The first kappa shape index (κ1) is 23.8. The number of hydrogen-bond acceptors (Lipinski definition) is 5. The highest BCUT2D eigenvalue weighted by Gasteiger charge is 2.36. The van der Waals surface area contributed by atoms with Gasteiger partial charge in [-0.2, -0.15) is 23.3 Å². The zero-order valence-corrected chi connectivity index (χ0v) is 19.2. The van der Waals surface area contributed by atoms with Gasteiger partial charge in [-0.25, -0.2) is 4.79 Å². The lowest BCUT2D eigenvalue weighted by Gasteiger charge is -2.25. The van der Waals surface area contributed by atoms with Crippen LogP contribution in [0.4, 0.5) is 13.2 Å². The predicted molar refractivity (Wildman–Crippen MR) is 124 cm³/mol. The highest BCUT2D eigenvalue weighted by Crippen LogP contribution is 2.42. The first-order valence-electron chi connectivity index (χ1n) is 11.7. The van der Waals surface area contributed by atoms with Gasteiger partial charge in [0, 0.05) is 17.3 Å². The molecule has 1 saturated carbocycles. The van der Waals surface area contributed by atoms with Crippen molar-refractivity contribution in [3.8, 4) is 22.8 Å². The van der Waals surface area contributed by atoms with E-state index in [9.17, 15) is 18.0 Å². The Balaban J connectivity index is 1.36. The van der Waals surface area contributed by atoms with E-state index in [0.717, 1.165) is 43.7 Å². The topological polar surface area (TPSA) is 94.0 Å². The van der Waals surface area contributed by atoms with Gasteiger partial charge in [-0.05, 0) is 48.1 Å². The molecule has 4 aromatic rings. The number of carboxylic acids is 1. The predicted octanol–water partition coefficient (Wildman–Crippen LogP) is 6.41. The zero-order valence-electron chi connectivity index (χ0n) is 19.2. The highest BCUT2D eigenvalue weighted by molar-refractivity contribution is 5.85. The van der Waals surface area contributed by atoms with Crippen molar-refractivity contribution in [2.24, 2.45) is 0 Å². The third-order valence-corrected chi connectivity index (χ3v) is 6.49. The van der Waals surface area contributed by atoms with E-state index in [1.165, 1.54) is 10.7 Å². The number of aromatic carboxylic acids is 1. The van der Waals surface area contributed by atoms with Gasteiger partial charge in [0.15, 0.2) is 5.69 Å². The normalized spacial score (nSPS) is 14.8. The SMILES string of the molecule is O=C(O)c1ccn(Cc2ccc(-c3noc(-c4ccc(C5CCCCC5)c(C(F)(F)F)c4)n3)cc2)n1.